The van der Waals surface area contributed by atoms with Gasteiger partial charge in [0.15, 0.2) is 11.5 Å². The third-order valence-electron chi connectivity index (χ3n) is 4.46. The van der Waals surface area contributed by atoms with Crippen molar-refractivity contribution in [3.63, 3.8) is 0 Å². The molecule has 0 fully saturated rings. The highest BCUT2D eigenvalue weighted by Crippen LogP contribution is 2.28. The molecule has 0 bridgehead atoms. The minimum atomic E-state index is -0.0290. The molecule has 0 aliphatic rings. The summed E-state index contributed by atoms with van der Waals surface area (Å²) in [6.07, 6.45) is 6.20. The molecule has 0 saturated heterocycles. The number of anilines is 1. The molecule has 0 unspecified atom stereocenters. The molecule has 1 amide bonds. The number of benzene rings is 3. The number of aryl methyl sites for hydroxylation is 2. The van der Waals surface area contributed by atoms with E-state index in [2.05, 4.69) is 36.4 Å². The summed E-state index contributed by atoms with van der Waals surface area (Å²) < 4.78 is 10.8. The van der Waals surface area contributed by atoms with Crippen LogP contribution in [0.1, 0.15) is 17.5 Å². The van der Waals surface area contributed by atoms with Crippen LogP contribution in [-0.2, 0) is 11.2 Å². The summed E-state index contributed by atoms with van der Waals surface area (Å²) >= 11 is 0. The van der Waals surface area contributed by atoms with Gasteiger partial charge in [-0.25, -0.2) is 0 Å². The smallest absolute Gasteiger partial charge is 0.224 e. The Morgan fingerprint density at radius 1 is 1.04 bits per heavy atom. The molecule has 28 heavy (non-hydrogen) atoms. The molecule has 3 aromatic rings. The van der Waals surface area contributed by atoms with Crippen molar-refractivity contribution in [3.05, 3.63) is 65.7 Å². The van der Waals surface area contributed by atoms with Crippen molar-refractivity contribution in [1.82, 2.24) is 0 Å². The standard InChI is InChI=1S/C24H23NO3/c1-4-13-28-22-11-6-18(15-23(22)27-3)7-12-24(26)25-21-10-9-19-8-5-17(2)14-20(19)16-21/h1,5-6,8-11,14-16H,7,12-13H2,2-3H3,(H,25,26). The van der Waals surface area contributed by atoms with Crippen molar-refractivity contribution in [2.45, 2.75) is 19.8 Å². The maximum absolute atomic E-state index is 12.4. The predicted molar refractivity (Wildman–Crippen MR) is 113 cm³/mol. The number of rotatable bonds is 7. The van der Waals surface area contributed by atoms with E-state index in [1.54, 1.807) is 7.11 Å². The van der Waals surface area contributed by atoms with Gasteiger partial charge in [-0.15, -0.1) is 6.42 Å². The topological polar surface area (TPSA) is 47.6 Å². The summed E-state index contributed by atoms with van der Waals surface area (Å²) in [6.45, 7) is 2.24. The summed E-state index contributed by atoms with van der Waals surface area (Å²) in [6, 6.07) is 17.8. The van der Waals surface area contributed by atoms with Crippen LogP contribution in [-0.4, -0.2) is 19.6 Å². The molecule has 0 aromatic heterocycles. The molecular weight excluding hydrogens is 350 g/mol. The Labute approximate surface area is 165 Å². The van der Waals surface area contributed by atoms with Gasteiger partial charge in [-0.2, -0.15) is 0 Å². The first-order valence-electron chi connectivity index (χ1n) is 9.12. The van der Waals surface area contributed by atoms with Gasteiger partial charge in [0.25, 0.3) is 0 Å². The van der Waals surface area contributed by atoms with Crippen molar-refractivity contribution >= 4 is 22.4 Å². The van der Waals surface area contributed by atoms with E-state index < -0.39 is 0 Å². The largest absolute Gasteiger partial charge is 0.493 e. The van der Waals surface area contributed by atoms with E-state index >= 15 is 0 Å². The highest BCUT2D eigenvalue weighted by molar-refractivity contribution is 5.94. The molecular formula is C24H23NO3. The molecule has 0 aliphatic carbocycles. The molecule has 3 aromatic carbocycles. The normalized spacial score (nSPS) is 10.3. The van der Waals surface area contributed by atoms with Crippen LogP contribution < -0.4 is 14.8 Å². The Morgan fingerprint density at radius 2 is 1.86 bits per heavy atom. The number of methoxy groups -OCH3 is 1. The zero-order valence-corrected chi connectivity index (χ0v) is 16.1. The van der Waals surface area contributed by atoms with Crippen LogP contribution >= 0.6 is 0 Å². The van der Waals surface area contributed by atoms with Crippen molar-refractivity contribution in [3.8, 4) is 23.8 Å². The third kappa shape index (κ3) is 4.83. The molecule has 4 heteroatoms. The number of nitrogens with one attached hydrogen (secondary N) is 1. The zero-order chi connectivity index (χ0) is 19.9. The van der Waals surface area contributed by atoms with E-state index in [9.17, 15) is 4.79 Å². The Hall–Kier alpha value is -3.45. The first kappa shape index (κ1) is 19.3. The second-order valence-electron chi connectivity index (χ2n) is 6.59. The van der Waals surface area contributed by atoms with E-state index in [1.165, 1.54) is 5.56 Å². The van der Waals surface area contributed by atoms with E-state index in [0.717, 1.165) is 22.0 Å². The summed E-state index contributed by atoms with van der Waals surface area (Å²) in [5.41, 5.74) is 2.99. The first-order valence-corrected chi connectivity index (χ1v) is 9.12. The zero-order valence-electron chi connectivity index (χ0n) is 16.1. The van der Waals surface area contributed by atoms with Crippen LogP contribution in [0, 0.1) is 19.3 Å². The fourth-order valence-corrected chi connectivity index (χ4v) is 3.03. The molecule has 4 nitrogen and oxygen atoms in total. The van der Waals surface area contributed by atoms with E-state index in [0.29, 0.717) is 24.3 Å². The molecule has 3 rings (SSSR count). The summed E-state index contributed by atoms with van der Waals surface area (Å²) in [7, 11) is 1.58. The lowest BCUT2D eigenvalue weighted by Gasteiger charge is -2.11. The lowest BCUT2D eigenvalue weighted by atomic mass is 10.1. The Morgan fingerprint density at radius 3 is 2.64 bits per heavy atom. The highest BCUT2D eigenvalue weighted by atomic mass is 16.5. The quantitative estimate of drug-likeness (QED) is 0.609. The fraction of sp³-hybridized carbons (Fsp3) is 0.208. The summed E-state index contributed by atoms with van der Waals surface area (Å²) in [5.74, 6) is 3.61. The number of fused-ring (bicyclic) bond motifs is 1. The monoisotopic (exact) mass is 373 g/mol. The van der Waals surface area contributed by atoms with Crippen LogP contribution in [0.25, 0.3) is 10.8 Å². The SMILES string of the molecule is C#CCOc1ccc(CCC(=O)Nc2ccc3ccc(C)cc3c2)cc1OC. The maximum Gasteiger partial charge on any atom is 0.224 e. The molecule has 0 atom stereocenters. The van der Waals surface area contributed by atoms with E-state index in [1.807, 2.05) is 36.4 Å². The average molecular weight is 373 g/mol. The number of terminal acetylenes is 1. The fourth-order valence-electron chi connectivity index (χ4n) is 3.03. The number of hydrogen-bond donors (Lipinski definition) is 1. The van der Waals surface area contributed by atoms with Crippen molar-refractivity contribution < 1.29 is 14.3 Å². The number of ether oxygens (including phenoxy) is 2. The van der Waals surface area contributed by atoms with Crippen LogP contribution in [0.5, 0.6) is 11.5 Å². The lowest BCUT2D eigenvalue weighted by Crippen LogP contribution is -2.12. The Bertz CT molecular complexity index is 1030. The van der Waals surface area contributed by atoms with Gasteiger partial charge in [0.1, 0.15) is 6.61 Å². The van der Waals surface area contributed by atoms with Gasteiger partial charge in [-0.05, 0) is 53.9 Å². The molecule has 0 heterocycles. The molecule has 1 N–H and O–H groups in total. The Kier molecular flexibility index (Phi) is 6.18. The minimum absolute atomic E-state index is 0.0290. The third-order valence-corrected chi connectivity index (χ3v) is 4.46. The van der Waals surface area contributed by atoms with Gasteiger partial charge in [-0.3, -0.25) is 4.79 Å². The number of carbonyl (C=O) groups is 1. The van der Waals surface area contributed by atoms with Crippen LogP contribution in [0.3, 0.4) is 0 Å². The average Bonchev–Trinajstić information content (AvgIpc) is 2.70. The summed E-state index contributed by atoms with van der Waals surface area (Å²) in [4.78, 5) is 12.4. The van der Waals surface area contributed by atoms with E-state index in [-0.39, 0.29) is 12.5 Å². The van der Waals surface area contributed by atoms with Crippen molar-refractivity contribution in [1.29, 1.82) is 0 Å². The molecule has 0 aliphatic heterocycles. The van der Waals surface area contributed by atoms with Gasteiger partial charge < -0.3 is 14.8 Å². The highest BCUT2D eigenvalue weighted by Gasteiger charge is 2.08. The van der Waals surface area contributed by atoms with Crippen molar-refractivity contribution in [2.75, 3.05) is 19.0 Å². The van der Waals surface area contributed by atoms with Gasteiger partial charge >= 0.3 is 0 Å². The van der Waals surface area contributed by atoms with Crippen molar-refractivity contribution in [2.24, 2.45) is 0 Å². The molecule has 0 spiro atoms. The minimum Gasteiger partial charge on any atom is -0.493 e. The number of amides is 1. The predicted octanol–water partition coefficient (Wildman–Crippen LogP) is 4.74. The van der Waals surface area contributed by atoms with Gasteiger partial charge in [0.05, 0.1) is 7.11 Å². The lowest BCUT2D eigenvalue weighted by molar-refractivity contribution is -0.116. The summed E-state index contributed by atoms with van der Waals surface area (Å²) in [5, 5.41) is 5.25. The van der Waals surface area contributed by atoms with Gasteiger partial charge in [0, 0.05) is 12.1 Å². The first-order chi connectivity index (χ1) is 13.6. The second kappa shape index (κ2) is 8.96. The second-order valence-corrected chi connectivity index (χ2v) is 6.59. The van der Waals surface area contributed by atoms with E-state index in [4.69, 9.17) is 15.9 Å². The van der Waals surface area contributed by atoms with Gasteiger partial charge in [0.2, 0.25) is 5.91 Å². The number of carbonyl (C=O) groups excluding carboxylic acids is 1. The Balaban J connectivity index is 1.62. The van der Waals surface area contributed by atoms with Crippen LogP contribution in [0.2, 0.25) is 0 Å². The number of hydrogen-bond acceptors (Lipinski definition) is 3. The molecule has 142 valence electrons. The molecule has 0 radical (unpaired) electrons. The maximum atomic E-state index is 12.4. The van der Waals surface area contributed by atoms with Crippen LogP contribution in [0.15, 0.2) is 54.6 Å². The van der Waals surface area contributed by atoms with Gasteiger partial charge in [-0.1, -0.05) is 41.8 Å². The van der Waals surface area contributed by atoms with Crippen LogP contribution in [0.4, 0.5) is 5.69 Å². The molecule has 0 saturated carbocycles.